The van der Waals surface area contributed by atoms with E-state index in [1.165, 1.54) is 6.92 Å². The van der Waals surface area contributed by atoms with Gasteiger partial charge in [-0.05, 0) is 24.1 Å². The first kappa shape index (κ1) is 20.6. The summed E-state index contributed by atoms with van der Waals surface area (Å²) in [6.45, 7) is 2.56. The zero-order valence-corrected chi connectivity index (χ0v) is 13.5. The van der Waals surface area contributed by atoms with Gasteiger partial charge in [0.15, 0.2) is 9.84 Å². The molecule has 0 spiro atoms. The number of aromatic nitrogens is 2. The molecule has 2 aromatic rings. The van der Waals surface area contributed by atoms with E-state index < -0.39 is 32.4 Å². The van der Waals surface area contributed by atoms with E-state index in [0.29, 0.717) is 12.3 Å². The SMILES string of the molecule is C.Cc1nnc(N=C([O-])c2ccc(C(F)(F)F)c(S(C)(=O)=O)c2C)o1. The van der Waals surface area contributed by atoms with Crippen LogP contribution in [0.3, 0.4) is 0 Å². The highest BCUT2D eigenvalue weighted by molar-refractivity contribution is 7.90. The fourth-order valence-electron chi connectivity index (χ4n) is 2.10. The smallest absolute Gasteiger partial charge is 0.417 e. The second-order valence-corrected chi connectivity index (χ2v) is 6.86. The highest BCUT2D eigenvalue weighted by atomic mass is 32.2. The van der Waals surface area contributed by atoms with Crippen molar-refractivity contribution in [1.29, 1.82) is 0 Å². The van der Waals surface area contributed by atoms with E-state index in [4.69, 9.17) is 4.42 Å². The average molecular weight is 378 g/mol. The molecule has 0 unspecified atom stereocenters. The van der Waals surface area contributed by atoms with E-state index in [-0.39, 0.29) is 30.5 Å². The number of halogens is 3. The molecular weight excluding hydrogens is 363 g/mol. The van der Waals surface area contributed by atoms with Gasteiger partial charge in [-0.3, -0.25) is 0 Å². The van der Waals surface area contributed by atoms with Crippen LogP contribution >= 0.6 is 0 Å². The maximum absolute atomic E-state index is 13.0. The quantitative estimate of drug-likeness (QED) is 0.598. The van der Waals surface area contributed by atoms with Gasteiger partial charge in [0, 0.05) is 19.1 Å². The lowest BCUT2D eigenvalue weighted by atomic mass is 10.0. The Kier molecular flexibility index (Phi) is 5.63. The van der Waals surface area contributed by atoms with E-state index >= 15 is 0 Å². The van der Waals surface area contributed by atoms with Crippen molar-refractivity contribution in [3.63, 3.8) is 0 Å². The van der Waals surface area contributed by atoms with Crippen molar-refractivity contribution < 1.29 is 31.1 Å². The molecule has 1 aromatic heterocycles. The van der Waals surface area contributed by atoms with Crippen LogP contribution in [0.1, 0.15) is 30.0 Å². The fraction of sp³-hybridized carbons (Fsp3) is 0.357. The van der Waals surface area contributed by atoms with Crippen molar-refractivity contribution in [2.75, 3.05) is 6.26 Å². The first-order valence-corrected chi connectivity index (χ1v) is 8.27. The standard InChI is InChI=1S/C13H12F3N3O4S.CH4/c1-6-8(11(20)17-12-19-18-7(2)23-12)4-5-9(13(14,15)16)10(6)24(3,21)22;/h4-5H,1-3H3,(H,17,19,20);1H4/p-1. The molecule has 1 aromatic carbocycles. The Morgan fingerprint density at radius 2 is 1.84 bits per heavy atom. The van der Waals surface area contributed by atoms with Gasteiger partial charge in [-0.25, -0.2) is 13.4 Å². The highest BCUT2D eigenvalue weighted by Crippen LogP contribution is 2.36. The molecule has 0 amide bonds. The summed E-state index contributed by atoms with van der Waals surface area (Å²) >= 11 is 0. The number of benzene rings is 1. The summed E-state index contributed by atoms with van der Waals surface area (Å²) in [4.78, 5) is 2.51. The van der Waals surface area contributed by atoms with E-state index in [1.54, 1.807) is 0 Å². The molecule has 0 aliphatic rings. The predicted molar refractivity (Wildman–Crippen MR) is 81.3 cm³/mol. The summed E-state index contributed by atoms with van der Waals surface area (Å²) in [6, 6.07) is 1.02. The molecule has 25 heavy (non-hydrogen) atoms. The van der Waals surface area contributed by atoms with E-state index in [9.17, 15) is 26.7 Å². The molecule has 0 atom stereocenters. The van der Waals surface area contributed by atoms with Crippen LogP contribution in [0.2, 0.25) is 0 Å². The fourth-order valence-corrected chi connectivity index (χ4v) is 3.35. The summed E-state index contributed by atoms with van der Waals surface area (Å²) in [7, 11) is -4.24. The third-order valence-corrected chi connectivity index (χ3v) is 4.29. The van der Waals surface area contributed by atoms with Crippen molar-refractivity contribution in [1.82, 2.24) is 10.2 Å². The van der Waals surface area contributed by atoms with Crippen LogP contribution in [0.15, 0.2) is 26.4 Å². The van der Waals surface area contributed by atoms with Crippen LogP contribution in [0.4, 0.5) is 19.2 Å². The van der Waals surface area contributed by atoms with Crippen molar-refractivity contribution in [3.05, 3.63) is 34.7 Å². The summed E-state index contributed by atoms with van der Waals surface area (Å²) in [5.74, 6) is -0.850. The van der Waals surface area contributed by atoms with Gasteiger partial charge in [0.2, 0.25) is 5.89 Å². The second kappa shape index (κ2) is 6.82. The van der Waals surface area contributed by atoms with Gasteiger partial charge < -0.3 is 9.52 Å². The minimum atomic E-state index is -4.88. The summed E-state index contributed by atoms with van der Waals surface area (Å²) in [5, 5.41) is 19.0. The molecule has 0 N–H and O–H groups in total. The number of nitrogens with zero attached hydrogens (tertiary/aromatic N) is 3. The Balaban J connectivity index is 0.00000312. The van der Waals surface area contributed by atoms with E-state index in [2.05, 4.69) is 15.2 Å². The van der Waals surface area contributed by atoms with E-state index in [0.717, 1.165) is 13.0 Å². The van der Waals surface area contributed by atoms with Crippen LogP contribution in [-0.2, 0) is 16.0 Å². The topological polar surface area (TPSA) is 108 Å². The first-order valence-electron chi connectivity index (χ1n) is 6.38. The zero-order chi connectivity index (χ0) is 18.3. The molecule has 7 nitrogen and oxygen atoms in total. The highest BCUT2D eigenvalue weighted by Gasteiger charge is 2.37. The Labute approximate surface area is 142 Å². The van der Waals surface area contributed by atoms with E-state index in [1.807, 2.05) is 0 Å². The van der Waals surface area contributed by atoms with Gasteiger partial charge in [-0.15, -0.1) is 5.10 Å². The molecule has 0 radical (unpaired) electrons. The maximum Gasteiger partial charge on any atom is 0.417 e. The molecule has 138 valence electrons. The van der Waals surface area contributed by atoms with Gasteiger partial charge in [-0.1, -0.05) is 18.6 Å². The molecule has 11 heteroatoms. The lowest BCUT2D eigenvalue weighted by Crippen LogP contribution is -2.23. The number of aryl methyl sites for hydroxylation is 1. The average Bonchev–Trinajstić information content (AvgIpc) is 2.80. The number of hydrogen-bond donors (Lipinski definition) is 0. The molecule has 1 heterocycles. The first-order chi connectivity index (χ1) is 10.9. The number of sulfone groups is 1. The Hall–Kier alpha value is -2.43. The lowest BCUT2D eigenvalue weighted by Gasteiger charge is -2.19. The number of aliphatic imine (C=N–C) groups is 1. The lowest BCUT2D eigenvalue weighted by molar-refractivity contribution is -0.212. The van der Waals surface area contributed by atoms with Crippen molar-refractivity contribution in [2.24, 2.45) is 4.99 Å². The van der Waals surface area contributed by atoms with Crippen molar-refractivity contribution >= 4 is 21.7 Å². The minimum absolute atomic E-state index is 0. The number of alkyl halides is 3. The Morgan fingerprint density at radius 3 is 2.28 bits per heavy atom. The summed E-state index contributed by atoms with van der Waals surface area (Å²) in [6.07, 6.45) is -4.25. The van der Waals surface area contributed by atoms with Crippen LogP contribution in [0.25, 0.3) is 0 Å². The van der Waals surface area contributed by atoms with Gasteiger partial charge in [-0.2, -0.15) is 13.2 Å². The maximum atomic E-state index is 13.0. The predicted octanol–water partition coefficient (Wildman–Crippen LogP) is 2.18. The second-order valence-electron chi connectivity index (χ2n) is 4.91. The van der Waals surface area contributed by atoms with Crippen LogP contribution in [0, 0.1) is 13.8 Å². The molecule has 0 fully saturated rings. The molecule has 0 saturated carbocycles. The molecular formula is C14H15F3N3O4S-. The van der Waals surface area contributed by atoms with Gasteiger partial charge in [0.05, 0.1) is 10.5 Å². The van der Waals surface area contributed by atoms with Crippen LogP contribution < -0.4 is 5.11 Å². The zero-order valence-electron chi connectivity index (χ0n) is 12.7. The molecule has 0 saturated heterocycles. The Bertz CT molecular complexity index is 918. The molecule has 0 aliphatic carbocycles. The normalized spacial score (nSPS) is 12.8. The van der Waals surface area contributed by atoms with Crippen LogP contribution in [0.5, 0.6) is 0 Å². The third-order valence-electron chi connectivity index (χ3n) is 3.03. The van der Waals surface area contributed by atoms with Gasteiger partial charge in [0.25, 0.3) is 0 Å². The summed E-state index contributed by atoms with van der Waals surface area (Å²) < 4.78 is 67.5. The minimum Gasteiger partial charge on any atom is -0.858 e. The van der Waals surface area contributed by atoms with Gasteiger partial charge >= 0.3 is 12.2 Å². The van der Waals surface area contributed by atoms with Crippen LogP contribution in [-0.4, -0.2) is 30.8 Å². The molecule has 0 aliphatic heterocycles. The van der Waals surface area contributed by atoms with Crippen molar-refractivity contribution in [3.8, 4) is 0 Å². The largest absolute Gasteiger partial charge is 0.858 e. The molecule has 0 bridgehead atoms. The van der Waals surface area contributed by atoms with Crippen molar-refractivity contribution in [2.45, 2.75) is 32.3 Å². The molecule has 2 rings (SSSR count). The summed E-state index contributed by atoms with van der Waals surface area (Å²) in [5.41, 5.74) is -2.00. The number of rotatable bonds is 3. The number of hydrogen-bond acceptors (Lipinski definition) is 7. The van der Waals surface area contributed by atoms with Gasteiger partial charge in [0.1, 0.15) is 0 Å². The third kappa shape index (κ3) is 4.35. The monoisotopic (exact) mass is 378 g/mol. The Morgan fingerprint density at radius 1 is 1.24 bits per heavy atom.